The molecule has 3 heteroatoms. The Kier molecular flexibility index (Phi) is 2.54. The molecular weight excluding hydrogens is 186 g/mol. The summed E-state index contributed by atoms with van der Waals surface area (Å²) < 4.78 is 0.716. The quantitative estimate of drug-likeness (QED) is 0.582. The van der Waals surface area contributed by atoms with E-state index >= 15 is 0 Å². The molecule has 0 unspecified atom stereocenters. The molecule has 1 aliphatic rings. The lowest BCUT2D eigenvalue weighted by Crippen LogP contribution is -2.07. The van der Waals surface area contributed by atoms with Gasteiger partial charge in [0.1, 0.15) is 0 Å². The molecule has 13 heavy (non-hydrogen) atoms. The van der Waals surface area contributed by atoms with Crippen LogP contribution in [0, 0.1) is 0 Å². The van der Waals surface area contributed by atoms with E-state index in [0.717, 1.165) is 18.4 Å². The lowest BCUT2D eigenvalue weighted by atomic mass is 10.0. The minimum atomic E-state index is 0.407. The van der Waals surface area contributed by atoms with Crippen molar-refractivity contribution in [3.63, 3.8) is 0 Å². The van der Waals surface area contributed by atoms with Crippen LogP contribution >= 0.6 is 11.8 Å². The molecule has 2 nitrogen and oxygen atoms in total. The van der Waals surface area contributed by atoms with Gasteiger partial charge >= 0.3 is 0 Å². The molecule has 0 aliphatic heterocycles. The Morgan fingerprint density at radius 2 is 2.23 bits per heavy atom. The van der Waals surface area contributed by atoms with Crippen molar-refractivity contribution in [2.45, 2.75) is 25.8 Å². The molecule has 0 aromatic heterocycles. The minimum absolute atomic E-state index is 0.407. The summed E-state index contributed by atoms with van der Waals surface area (Å²) in [6.07, 6.45) is 3.51. The SMILES string of the molecule is ON(Cl)Cc1cccc2c1CCC2. The van der Waals surface area contributed by atoms with Crippen LogP contribution in [-0.4, -0.2) is 9.79 Å². The first kappa shape index (κ1) is 9.00. The molecule has 0 amide bonds. The fraction of sp³-hybridized carbons (Fsp3) is 0.400. The highest BCUT2D eigenvalue weighted by molar-refractivity contribution is 6.12. The van der Waals surface area contributed by atoms with Crippen molar-refractivity contribution in [3.05, 3.63) is 34.9 Å². The normalized spacial score (nSPS) is 15.0. The minimum Gasteiger partial charge on any atom is -0.298 e. The number of aryl methyl sites for hydroxylation is 1. The number of fused-ring (bicyclic) bond motifs is 1. The summed E-state index contributed by atoms with van der Waals surface area (Å²) in [5.41, 5.74) is 3.94. The van der Waals surface area contributed by atoms with Gasteiger partial charge in [-0.2, -0.15) is 0 Å². The van der Waals surface area contributed by atoms with Crippen LogP contribution in [0.5, 0.6) is 0 Å². The maximum Gasteiger partial charge on any atom is 0.0660 e. The van der Waals surface area contributed by atoms with Gasteiger partial charge in [0.15, 0.2) is 0 Å². The molecule has 70 valence electrons. The average molecular weight is 198 g/mol. The molecular formula is C10H12ClNO. The molecule has 0 bridgehead atoms. The van der Waals surface area contributed by atoms with Crippen LogP contribution < -0.4 is 0 Å². The van der Waals surface area contributed by atoms with Gasteiger partial charge in [-0.05, 0) is 36.0 Å². The Labute approximate surface area is 82.8 Å². The number of rotatable bonds is 2. The van der Waals surface area contributed by atoms with Gasteiger partial charge in [0.2, 0.25) is 0 Å². The van der Waals surface area contributed by atoms with Gasteiger partial charge in [0.05, 0.1) is 6.54 Å². The predicted molar refractivity (Wildman–Crippen MR) is 51.6 cm³/mol. The van der Waals surface area contributed by atoms with Crippen LogP contribution in [-0.2, 0) is 19.4 Å². The fourth-order valence-electron chi connectivity index (χ4n) is 1.99. The highest BCUT2D eigenvalue weighted by Crippen LogP contribution is 2.25. The van der Waals surface area contributed by atoms with Crippen molar-refractivity contribution in [2.24, 2.45) is 0 Å². The second-order valence-corrected chi connectivity index (χ2v) is 3.79. The standard InChI is InChI=1S/C10H12ClNO/c11-12(13)7-9-5-1-3-8-4-2-6-10(8)9/h1,3,5,13H,2,4,6-7H2. The first-order valence-electron chi connectivity index (χ1n) is 4.49. The van der Waals surface area contributed by atoms with Crippen LogP contribution in [0.1, 0.15) is 23.1 Å². The highest BCUT2D eigenvalue weighted by atomic mass is 35.5. The first-order valence-corrected chi connectivity index (χ1v) is 4.83. The lowest BCUT2D eigenvalue weighted by Gasteiger charge is -2.09. The third kappa shape index (κ3) is 1.85. The Hall–Kier alpha value is -0.570. The van der Waals surface area contributed by atoms with Crippen LogP contribution in [0.3, 0.4) is 0 Å². The number of halogens is 1. The van der Waals surface area contributed by atoms with Crippen molar-refractivity contribution < 1.29 is 5.21 Å². The summed E-state index contributed by atoms with van der Waals surface area (Å²) in [4.78, 5) is 0. The molecule has 2 rings (SSSR count). The topological polar surface area (TPSA) is 23.5 Å². The van der Waals surface area contributed by atoms with E-state index in [1.807, 2.05) is 12.1 Å². The Morgan fingerprint density at radius 3 is 3.00 bits per heavy atom. The van der Waals surface area contributed by atoms with E-state index in [2.05, 4.69) is 6.07 Å². The molecule has 0 saturated carbocycles. The maximum atomic E-state index is 8.94. The van der Waals surface area contributed by atoms with E-state index in [4.69, 9.17) is 17.0 Å². The Morgan fingerprint density at radius 1 is 1.38 bits per heavy atom. The summed E-state index contributed by atoms with van der Waals surface area (Å²) >= 11 is 5.40. The maximum absolute atomic E-state index is 8.94. The lowest BCUT2D eigenvalue weighted by molar-refractivity contribution is -0.00248. The van der Waals surface area contributed by atoms with Crippen molar-refractivity contribution >= 4 is 11.8 Å². The smallest absolute Gasteiger partial charge is 0.0660 e. The van der Waals surface area contributed by atoms with E-state index in [0.29, 0.717) is 11.1 Å². The molecule has 1 aliphatic carbocycles. The van der Waals surface area contributed by atoms with Gasteiger partial charge in [-0.3, -0.25) is 5.21 Å². The number of benzene rings is 1. The first-order chi connectivity index (χ1) is 6.27. The summed E-state index contributed by atoms with van der Waals surface area (Å²) in [5, 5.41) is 8.94. The van der Waals surface area contributed by atoms with Gasteiger partial charge in [-0.15, -0.1) is 0 Å². The molecule has 1 aromatic rings. The number of nitrogens with zero attached hydrogens (tertiary/aromatic N) is 1. The van der Waals surface area contributed by atoms with Crippen LogP contribution in [0.15, 0.2) is 18.2 Å². The van der Waals surface area contributed by atoms with Crippen LogP contribution in [0.25, 0.3) is 0 Å². The summed E-state index contributed by atoms with van der Waals surface area (Å²) in [7, 11) is 0. The summed E-state index contributed by atoms with van der Waals surface area (Å²) in [5.74, 6) is 0. The van der Waals surface area contributed by atoms with E-state index in [9.17, 15) is 0 Å². The van der Waals surface area contributed by atoms with Gasteiger partial charge in [-0.1, -0.05) is 22.8 Å². The van der Waals surface area contributed by atoms with Crippen molar-refractivity contribution in [1.29, 1.82) is 0 Å². The zero-order chi connectivity index (χ0) is 9.26. The third-order valence-corrected chi connectivity index (χ3v) is 2.66. The van der Waals surface area contributed by atoms with Crippen LogP contribution in [0.2, 0.25) is 0 Å². The molecule has 0 atom stereocenters. The van der Waals surface area contributed by atoms with Gasteiger partial charge in [0.25, 0.3) is 0 Å². The van der Waals surface area contributed by atoms with Crippen molar-refractivity contribution in [1.82, 2.24) is 4.58 Å². The predicted octanol–water partition coefficient (Wildman–Crippen LogP) is 2.52. The zero-order valence-corrected chi connectivity index (χ0v) is 8.09. The van der Waals surface area contributed by atoms with E-state index in [1.165, 1.54) is 17.5 Å². The molecule has 0 radical (unpaired) electrons. The molecule has 0 saturated heterocycles. The van der Waals surface area contributed by atoms with Gasteiger partial charge in [-0.25, -0.2) is 0 Å². The van der Waals surface area contributed by atoms with Crippen molar-refractivity contribution in [3.8, 4) is 0 Å². The second kappa shape index (κ2) is 3.66. The average Bonchev–Trinajstić information content (AvgIpc) is 2.51. The molecule has 0 spiro atoms. The van der Waals surface area contributed by atoms with E-state index < -0.39 is 0 Å². The monoisotopic (exact) mass is 197 g/mol. The zero-order valence-electron chi connectivity index (χ0n) is 7.33. The van der Waals surface area contributed by atoms with Crippen molar-refractivity contribution in [2.75, 3.05) is 0 Å². The van der Waals surface area contributed by atoms with Gasteiger partial charge in [0, 0.05) is 11.8 Å². The van der Waals surface area contributed by atoms with E-state index in [1.54, 1.807) is 0 Å². The number of hydrogen-bond donors (Lipinski definition) is 1. The number of hydrogen-bond acceptors (Lipinski definition) is 2. The largest absolute Gasteiger partial charge is 0.298 e. The summed E-state index contributed by atoms with van der Waals surface area (Å²) in [6.45, 7) is 0.407. The molecule has 0 heterocycles. The Balaban J connectivity index is 2.30. The molecule has 1 aromatic carbocycles. The summed E-state index contributed by atoms with van der Waals surface area (Å²) in [6, 6.07) is 6.21. The molecule has 0 fully saturated rings. The Bertz CT molecular complexity index is 312. The van der Waals surface area contributed by atoms with Gasteiger partial charge < -0.3 is 0 Å². The van der Waals surface area contributed by atoms with E-state index in [-0.39, 0.29) is 0 Å². The van der Waals surface area contributed by atoms with Crippen LogP contribution in [0.4, 0.5) is 0 Å². The molecule has 1 N–H and O–H groups in total. The third-order valence-electron chi connectivity index (χ3n) is 2.54. The number of hydroxylamine groups is 1. The second-order valence-electron chi connectivity index (χ2n) is 3.40. The highest BCUT2D eigenvalue weighted by Gasteiger charge is 2.14. The fourth-order valence-corrected chi connectivity index (χ4v) is 2.12.